The molecule has 7 nitrogen and oxygen atoms in total. The van der Waals surface area contributed by atoms with Crippen molar-refractivity contribution in [3.63, 3.8) is 0 Å². The Morgan fingerprint density at radius 3 is 2.59 bits per heavy atom. The van der Waals surface area contributed by atoms with Gasteiger partial charge in [0.05, 0.1) is 4.90 Å². The summed E-state index contributed by atoms with van der Waals surface area (Å²) in [6, 6.07) is 10.3. The van der Waals surface area contributed by atoms with Crippen molar-refractivity contribution >= 4 is 44.8 Å². The molecule has 2 aliphatic rings. The number of carbonyl (C=O) groups excluding carboxylic acids is 2. The SMILES string of the molecule is Cc1ccc(NC(=O)C2CCC(CNS(=O)(=O)c3ccc4c(c3)CCCC(=O)N4)CC2)cc1Cl. The summed E-state index contributed by atoms with van der Waals surface area (Å²) in [5.74, 6) is 0.0379. The van der Waals surface area contributed by atoms with Crippen LogP contribution in [-0.4, -0.2) is 26.8 Å². The highest BCUT2D eigenvalue weighted by molar-refractivity contribution is 7.89. The van der Waals surface area contributed by atoms with E-state index in [2.05, 4.69) is 15.4 Å². The third kappa shape index (κ3) is 5.98. The highest BCUT2D eigenvalue weighted by atomic mass is 35.5. The summed E-state index contributed by atoms with van der Waals surface area (Å²) in [6.45, 7) is 2.26. The molecule has 34 heavy (non-hydrogen) atoms. The van der Waals surface area contributed by atoms with Crippen LogP contribution >= 0.6 is 11.6 Å². The van der Waals surface area contributed by atoms with E-state index in [0.717, 1.165) is 36.8 Å². The average Bonchev–Trinajstić information content (AvgIpc) is 3.00. The normalized spacial score (nSPS) is 20.7. The molecule has 0 saturated heterocycles. The third-order valence-corrected chi connectivity index (χ3v) is 8.56. The Balaban J connectivity index is 1.29. The molecule has 2 amide bonds. The number of hydrogen-bond acceptors (Lipinski definition) is 4. The molecule has 1 aliphatic carbocycles. The van der Waals surface area contributed by atoms with E-state index in [0.29, 0.717) is 42.2 Å². The maximum Gasteiger partial charge on any atom is 0.240 e. The largest absolute Gasteiger partial charge is 0.326 e. The van der Waals surface area contributed by atoms with Crippen molar-refractivity contribution in [1.82, 2.24) is 4.72 Å². The summed E-state index contributed by atoms with van der Waals surface area (Å²) in [5.41, 5.74) is 3.18. The van der Waals surface area contributed by atoms with Gasteiger partial charge in [-0.25, -0.2) is 13.1 Å². The highest BCUT2D eigenvalue weighted by Crippen LogP contribution is 2.31. The molecule has 1 aliphatic heterocycles. The molecule has 0 atom stereocenters. The zero-order valence-corrected chi connectivity index (χ0v) is 20.8. The first-order chi connectivity index (χ1) is 16.2. The third-order valence-electron chi connectivity index (χ3n) is 6.73. The monoisotopic (exact) mass is 503 g/mol. The zero-order chi connectivity index (χ0) is 24.3. The van der Waals surface area contributed by atoms with Gasteiger partial charge in [0.2, 0.25) is 21.8 Å². The fourth-order valence-corrected chi connectivity index (χ4v) is 5.92. The van der Waals surface area contributed by atoms with E-state index >= 15 is 0 Å². The van der Waals surface area contributed by atoms with Gasteiger partial charge in [0.15, 0.2) is 0 Å². The Hall–Kier alpha value is -2.42. The number of sulfonamides is 1. The molecule has 0 spiro atoms. The summed E-state index contributed by atoms with van der Waals surface area (Å²) in [4.78, 5) is 24.6. The molecule has 9 heteroatoms. The lowest BCUT2D eigenvalue weighted by Gasteiger charge is -2.28. The number of rotatable bonds is 6. The molecule has 1 heterocycles. The van der Waals surface area contributed by atoms with Gasteiger partial charge in [-0.2, -0.15) is 0 Å². The molecule has 1 fully saturated rings. The number of fused-ring (bicyclic) bond motifs is 1. The van der Waals surface area contributed by atoms with Gasteiger partial charge in [-0.05, 0) is 92.8 Å². The van der Waals surface area contributed by atoms with Crippen LogP contribution in [0.5, 0.6) is 0 Å². The van der Waals surface area contributed by atoms with E-state index in [-0.39, 0.29) is 28.5 Å². The van der Waals surface area contributed by atoms with Crippen LogP contribution in [0.3, 0.4) is 0 Å². The second-order valence-corrected chi connectivity index (χ2v) is 11.4. The summed E-state index contributed by atoms with van der Waals surface area (Å²) in [7, 11) is -3.65. The molecular formula is C25H30ClN3O4S. The van der Waals surface area contributed by atoms with Crippen molar-refractivity contribution in [1.29, 1.82) is 0 Å². The number of halogens is 1. The predicted molar refractivity (Wildman–Crippen MR) is 133 cm³/mol. The first kappa shape index (κ1) is 24.7. The Labute approximate surface area is 205 Å². The van der Waals surface area contributed by atoms with Crippen LogP contribution in [0.25, 0.3) is 0 Å². The topological polar surface area (TPSA) is 104 Å². The molecule has 0 bridgehead atoms. The van der Waals surface area contributed by atoms with Crippen LogP contribution in [0.1, 0.15) is 49.7 Å². The van der Waals surface area contributed by atoms with Crippen molar-refractivity contribution in [2.24, 2.45) is 11.8 Å². The van der Waals surface area contributed by atoms with Crippen LogP contribution in [-0.2, 0) is 26.0 Å². The van der Waals surface area contributed by atoms with Crippen molar-refractivity contribution in [3.8, 4) is 0 Å². The van der Waals surface area contributed by atoms with Crippen LogP contribution in [0.2, 0.25) is 5.02 Å². The maximum absolute atomic E-state index is 12.9. The van der Waals surface area contributed by atoms with Gasteiger partial charge in [-0.3, -0.25) is 9.59 Å². The summed E-state index contributed by atoms with van der Waals surface area (Å²) in [5, 5.41) is 6.39. The van der Waals surface area contributed by atoms with E-state index < -0.39 is 10.0 Å². The summed E-state index contributed by atoms with van der Waals surface area (Å²) in [6.07, 6.45) is 4.81. The maximum atomic E-state index is 12.9. The Morgan fingerprint density at radius 2 is 1.85 bits per heavy atom. The highest BCUT2D eigenvalue weighted by Gasteiger charge is 2.28. The van der Waals surface area contributed by atoms with Crippen molar-refractivity contribution in [2.45, 2.75) is 56.8 Å². The van der Waals surface area contributed by atoms with E-state index in [1.807, 2.05) is 19.1 Å². The molecule has 0 unspecified atom stereocenters. The molecule has 0 radical (unpaired) electrons. The van der Waals surface area contributed by atoms with Gasteiger partial charge in [0, 0.05) is 35.3 Å². The number of benzene rings is 2. The predicted octanol–water partition coefficient (Wildman–Crippen LogP) is 4.65. The number of carbonyl (C=O) groups is 2. The molecule has 3 N–H and O–H groups in total. The number of anilines is 2. The Kier molecular flexibility index (Phi) is 7.60. The number of aryl methyl sites for hydroxylation is 2. The lowest BCUT2D eigenvalue weighted by Crippen LogP contribution is -2.33. The Morgan fingerprint density at radius 1 is 1.09 bits per heavy atom. The van der Waals surface area contributed by atoms with E-state index in [9.17, 15) is 18.0 Å². The fourth-order valence-electron chi connectivity index (χ4n) is 4.57. The molecule has 0 aromatic heterocycles. The smallest absolute Gasteiger partial charge is 0.240 e. The second-order valence-electron chi connectivity index (χ2n) is 9.24. The van der Waals surface area contributed by atoms with E-state index in [1.54, 1.807) is 18.2 Å². The van der Waals surface area contributed by atoms with Gasteiger partial charge >= 0.3 is 0 Å². The van der Waals surface area contributed by atoms with Crippen molar-refractivity contribution in [3.05, 3.63) is 52.5 Å². The molecule has 2 aromatic rings. The lowest BCUT2D eigenvalue weighted by atomic mass is 9.81. The van der Waals surface area contributed by atoms with Crippen molar-refractivity contribution < 1.29 is 18.0 Å². The number of hydrogen-bond donors (Lipinski definition) is 3. The molecular weight excluding hydrogens is 474 g/mol. The van der Waals surface area contributed by atoms with E-state index in [4.69, 9.17) is 11.6 Å². The first-order valence-corrected chi connectivity index (χ1v) is 13.6. The molecule has 2 aromatic carbocycles. The van der Waals surface area contributed by atoms with Crippen LogP contribution < -0.4 is 15.4 Å². The van der Waals surface area contributed by atoms with Gasteiger partial charge < -0.3 is 10.6 Å². The summed E-state index contributed by atoms with van der Waals surface area (Å²) >= 11 is 6.14. The lowest BCUT2D eigenvalue weighted by molar-refractivity contribution is -0.121. The van der Waals surface area contributed by atoms with Crippen LogP contribution in [0.15, 0.2) is 41.3 Å². The van der Waals surface area contributed by atoms with Gasteiger partial charge in [0.1, 0.15) is 0 Å². The van der Waals surface area contributed by atoms with E-state index in [1.165, 1.54) is 6.07 Å². The molecule has 1 saturated carbocycles. The summed E-state index contributed by atoms with van der Waals surface area (Å²) < 4.78 is 28.5. The zero-order valence-electron chi connectivity index (χ0n) is 19.2. The quantitative estimate of drug-likeness (QED) is 0.533. The van der Waals surface area contributed by atoms with Gasteiger partial charge in [-0.1, -0.05) is 17.7 Å². The molecule has 4 rings (SSSR count). The minimum atomic E-state index is -3.65. The Bertz CT molecular complexity index is 1190. The number of amides is 2. The van der Waals surface area contributed by atoms with Crippen LogP contribution in [0.4, 0.5) is 11.4 Å². The fraction of sp³-hybridized carbons (Fsp3) is 0.440. The van der Waals surface area contributed by atoms with Crippen LogP contribution in [0, 0.1) is 18.8 Å². The molecule has 182 valence electrons. The van der Waals surface area contributed by atoms with Gasteiger partial charge in [0.25, 0.3) is 0 Å². The first-order valence-electron chi connectivity index (χ1n) is 11.7. The minimum absolute atomic E-state index is 0.0176. The van der Waals surface area contributed by atoms with Crippen molar-refractivity contribution in [2.75, 3.05) is 17.2 Å². The standard InChI is InChI=1S/C25H30ClN3O4S/c1-16-5-10-20(14-22(16)26)28-25(31)18-8-6-17(7-9-18)15-27-34(32,33)21-11-12-23-19(13-21)3-2-4-24(30)29-23/h5,10-14,17-18,27H,2-4,6-9,15H2,1H3,(H,28,31)(H,29,30). The van der Waals surface area contributed by atoms with Gasteiger partial charge in [-0.15, -0.1) is 0 Å². The average molecular weight is 504 g/mol. The number of nitrogens with one attached hydrogen (secondary N) is 3. The second kappa shape index (κ2) is 10.5. The minimum Gasteiger partial charge on any atom is -0.326 e.